The van der Waals surface area contributed by atoms with E-state index in [2.05, 4.69) is 19.9 Å². The summed E-state index contributed by atoms with van der Waals surface area (Å²) < 4.78 is 3.35. The van der Waals surface area contributed by atoms with Crippen LogP contribution in [0, 0.1) is 0 Å². The normalized spacial score (nSPS) is 11.7. The van der Waals surface area contributed by atoms with Crippen LogP contribution in [0.2, 0.25) is 0 Å². The number of benzene rings is 1. The highest BCUT2D eigenvalue weighted by atomic mass is 32.2. The van der Waals surface area contributed by atoms with Gasteiger partial charge in [-0.15, -0.1) is 11.3 Å². The van der Waals surface area contributed by atoms with Crippen LogP contribution in [0.15, 0.2) is 52.0 Å². The monoisotopic (exact) mass is 366 g/mol. The minimum atomic E-state index is -0.209. The summed E-state index contributed by atoms with van der Waals surface area (Å²) in [6.07, 6.45) is 5.15. The predicted octanol–water partition coefficient (Wildman–Crippen LogP) is 2.76. The van der Waals surface area contributed by atoms with Crippen LogP contribution in [0.3, 0.4) is 0 Å². The summed E-state index contributed by atoms with van der Waals surface area (Å²) in [5.41, 5.74) is 1.63. The van der Waals surface area contributed by atoms with E-state index < -0.39 is 0 Å². The molecule has 0 radical (unpaired) electrons. The second-order valence-corrected chi connectivity index (χ2v) is 6.94. The molecule has 0 aliphatic heterocycles. The Bertz CT molecular complexity index is 1310. The lowest BCUT2D eigenvalue weighted by atomic mass is 10.2. The van der Waals surface area contributed by atoms with Crippen molar-refractivity contribution in [2.24, 2.45) is 0 Å². The largest absolute Gasteiger partial charge is 0.284 e. The van der Waals surface area contributed by atoms with E-state index in [1.807, 2.05) is 35.9 Å². The third kappa shape index (κ3) is 2.02. The third-order valence-corrected chi connectivity index (χ3v) is 5.25. The minimum absolute atomic E-state index is 0.209. The number of rotatable bonds is 2. The summed E-state index contributed by atoms with van der Waals surface area (Å²) in [4.78, 5) is 30.8. The Kier molecular flexibility index (Phi) is 3.12. The molecule has 0 N–H and O–H groups in total. The lowest BCUT2D eigenvalue weighted by molar-refractivity contribution is 0.785. The molecule has 0 spiro atoms. The molecule has 0 bridgehead atoms. The number of thioether (sulfide) groups is 1. The van der Waals surface area contributed by atoms with E-state index in [4.69, 9.17) is 0 Å². The first kappa shape index (κ1) is 14.6. The third-order valence-electron chi connectivity index (χ3n) is 3.94. The van der Waals surface area contributed by atoms with Crippen LogP contribution in [0.25, 0.3) is 32.7 Å². The van der Waals surface area contributed by atoms with Gasteiger partial charge in [-0.05, 0) is 18.4 Å². The van der Waals surface area contributed by atoms with Crippen molar-refractivity contribution in [2.75, 3.05) is 6.26 Å². The number of fused-ring (bicyclic) bond motifs is 4. The Morgan fingerprint density at radius 2 is 2.00 bits per heavy atom. The standard InChI is InChI=1S/C16H10N6OS2/c1-24-15-18-8-10-12(20-15)19-13-9-4-2-3-5-11(9)21(22(13)14(10)23)16-17-6-7-25-16/h2-8H,1H3. The number of hydrogen-bond donors (Lipinski definition) is 0. The van der Waals surface area contributed by atoms with Crippen molar-refractivity contribution in [3.8, 4) is 5.13 Å². The van der Waals surface area contributed by atoms with E-state index in [-0.39, 0.29) is 5.56 Å². The zero-order valence-electron chi connectivity index (χ0n) is 12.9. The van der Waals surface area contributed by atoms with Crippen molar-refractivity contribution in [2.45, 2.75) is 5.16 Å². The van der Waals surface area contributed by atoms with Crippen molar-refractivity contribution >= 4 is 50.7 Å². The summed E-state index contributed by atoms with van der Waals surface area (Å²) >= 11 is 2.88. The van der Waals surface area contributed by atoms with Crippen LogP contribution in [-0.2, 0) is 0 Å². The molecule has 9 heteroatoms. The quantitative estimate of drug-likeness (QED) is 0.353. The Labute approximate surface area is 149 Å². The fourth-order valence-electron chi connectivity index (χ4n) is 2.87. The molecule has 4 heterocycles. The fourth-order valence-corrected chi connectivity index (χ4v) is 3.85. The lowest BCUT2D eigenvalue weighted by Crippen LogP contribution is -2.21. The topological polar surface area (TPSA) is 78.0 Å². The van der Waals surface area contributed by atoms with E-state index in [0.717, 1.165) is 10.9 Å². The molecule has 5 rings (SSSR count). The highest BCUT2D eigenvalue weighted by molar-refractivity contribution is 7.98. The van der Waals surface area contributed by atoms with E-state index >= 15 is 0 Å². The van der Waals surface area contributed by atoms with Crippen LogP contribution < -0.4 is 5.56 Å². The van der Waals surface area contributed by atoms with E-state index in [1.54, 1.807) is 21.6 Å². The average Bonchev–Trinajstić information content (AvgIpc) is 3.27. The maximum atomic E-state index is 13.2. The van der Waals surface area contributed by atoms with E-state index in [9.17, 15) is 4.79 Å². The molecule has 7 nitrogen and oxygen atoms in total. The molecule has 0 aliphatic rings. The maximum Gasteiger partial charge on any atom is 0.284 e. The Hall–Kier alpha value is -2.78. The second kappa shape index (κ2) is 5.36. The summed E-state index contributed by atoms with van der Waals surface area (Å²) in [5, 5.41) is 4.43. The van der Waals surface area contributed by atoms with Crippen molar-refractivity contribution in [3.63, 3.8) is 0 Å². The molecule has 0 amide bonds. The fraction of sp³-hybridized carbons (Fsp3) is 0.0625. The molecule has 0 aliphatic carbocycles. The number of nitrogens with zero attached hydrogens (tertiary/aromatic N) is 6. The van der Waals surface area contributed by atoms with Crippen molar-refractivity contribution in [1.29, 1.82) is 0 Å². The lowest BCUT2D eigenvalue weighted by Gasteiger charge is -2.05. The van der Waals surface area contributed by atoms with Crippen molar-refractivity contribution in [1.82, 2.24) is 29.1 Å². The second-order valence-electron chi connectivity index (χ2n) is 5.29. The summed E-state index contributed by atoms with van der Waals surface area (Å²) in [5.74, 6) is 0. The number of para-hydroxylation sites is 1. The number of aromatic nitrogens is 6. The van der Waals surface area contributed by atoms with Gasteiger partial charge in [-0.1, -0.05) is 23.9 Å². The van der Waals surface area contributed by atoms with E-state index in [0.29, 0.717) is 27.0 Å². The van der Waals surface area contributed by atoms with Gasteiger partial charge in [0.2, 0.25) is 5.13 Å². The maximum absolute atomic E-state index is 13.2. The summed E-state index contributed by atoms with van der Waals surface area (Å²) in [6, 6.07) is 7.76. The van der Waals surface area contributed by atoms with Crippen molar-refractivity contribution < 1.29 is 0 Å². The van der Waals surface area contributed by atoms with Gasteiger partial charge in [0.1, 0.15) is 5.39 Å². The van der Waals surface area contributed by atoms with E-state index in [1.165, 1.54) is 23.1 Å². The van der Waals surface area contributed by atoms with Gasteiger partial charge in [0.25, 0.3) is 5.56 Å². The van der Waals surface area contributed by atoms with Gasteiger partial charge < -0.3 is 0 Å². The van der Waals surface area contributed by atoms with Gasteiger partial charge in [-0.3, -0.25) is 4.79 Å². The molecule has 0 atom stereocenters. The van der Waals surface area contributed by atoms with Crippen LogP contribution in [0.1, 0.15) is 0 Å². The molecule has 0 fully saturated rings. The first-order chi connectivity index (χ1) is 12.3. The van der Waals surface area contributed by atoms with Crippen LogP contribution in [0.4, 0.5) is 0 Å². The van der Waals surface area contributed by atoms with Gasteiger partial charge in [0.15, 0.2) is 16.5 Å². The van der Waals surface area contributed by atoms with Gasteiger partial charge in [-0.25, -0.2) is 24.6 Å². The molecule has 0 saturated heterocycles. The number of hydrogen-bond acceptors (Lipinski definition) is 7. The molecule has 0 unspecified atom stereocenters. The summed E-state index contributed by atoms with van der Waals surface area (Å²) in [7, 11) is 0. The molecular weight excluding hydrogens is 356 g/mol. The first-order valence-corrected chi connectivity index (χ1v) is 9.51. The van der Waals surface area contributed by atoms with Crippen molar-refractivity contribution in [3.05, 3.63) is 52.4 Å². The molecule has 4 aromatic heterocycles. The van der Waals surface area contributed by atoms with Gasteiger partial charge >= 0.3 is 0 Å². The molecule has 1 aromatic carbocycles. The van der Waals surface area contributed by atoms with Crippen LogP contribution >= 0.6 is 23.1 Å². The van der Waals surface area contributed by atoms with Crippen LogP contribution in [-0.4, -0.2) is 35.4 Å². The number of thiazole rings is 1. The zero-order valence-corrected chi connectivity index (χ0v) is 14.6. The Morgan fingerprint density at radius 1 is 1.12 bits per heavy atom. The predicted molar refractivity (Wildman–Crippen MR) is 98.8 cm³/mol. The average molecular weight is 366 g/mol. The van der Waals surface area contributed by atoms with Gasteiger partial charge in [0, 0.05) is 23.2 Å². The summed E-state index contributed by atoms with van der Waals surface area (Å²) in [6.45, 7) is 0. The highest BCUT2D eigenvalue weighted by Crippen LogP contribution is 2.25. The highest BCUT2D eigenvalue weighted by Gasteiger charge is 2.18. The molecular formula is C16H10N6OS2. The minimum Gasteiger partial charge on any atom is -0.266 e. The molecule has 5 aromatic rings. The Balaban J connectivity index is 2.05. The Morgan fingerprint density at radius 3 is 2.80 bits per heavy atom. The van der Waals surface area contributed by atoms with Gasteiger partial charge in [-0.2, -0.15) is 4.52 Å². The molecule has 25 heavy (non-hydrogen) atoms. The first-order valence-electron chi connectivity index (χ1n) is 7.41. The zero-order chi connectivity index (χ0) is 17.0. The van der Waals surface area contributed by atoms with Gasteiger partial charge in [0.05, 0.1) is 5.52 Å². The molecule has 0 saturated carbocycles. The van der Waals surface area contributed by atoms with Crippen LogP contribution in [0.5, 0.6) is 0 Å². The SMILES string of the molecule is CSc1ncc2c(=O)n3c(nc2n1)c1ccccc1n3-c1nccs1. The smallest absolute Gasteiger partial charge is 0.266 e. The molecule has 122 valence electrons.